The molecule has 0 aliphatic rings. The van der Waals surface area contributed by atoms with Gasteiger partial charge in [-0.05, 0) is 42.8 Å². The number of nitrogens with one attached hydrogen (secondary N) is 2. The Labute approximate surface area is 149 Å². The summed E-state index contributed by atoms with van der Waals surface area (Å²) >= 11 is 12.1. The van der Waals surface area contributed by atoms with E-state index in [9.17, 15) is 0 Å². The molecule has 4 N–H and O–H groups in total. The summed E-state index contributed by atoms with van der Waals surface area (Å²) in [6.45, 7) is 2.02. The van der Waals surface area contributed by atoms with Crippen LogP contribution >= 0.6 is 23.2 Å². The Morgan fingerprint density at radius 2 is 1.71 bits per heavy atom. The van der Waals surface area contributed by atoms with Gasteiger partial charge in [0, 0.05) is 10.7 Å². The molecule has 24 heavy (non-hydrogen) atoms. The van der Waals surface area contributed by atoms with Crippen molar-refractivity contribution < 1.29 is 0 Å². The lowest BCUT2D eigenvalue weighted by molar-refractivity contribution is 1.17. The van der Waals surface area contributed by atoms with E-state index in [1.807, 2.05) is 31.2 Å². The first-order valence-electron chi connectivity index (χ1n) is 7.19. The van der Waals surface area contributed by atoms with Crippen molar-refractivity contribution in [1.29, 1.82) is 0 Å². The molecule has 122 valence electrons. The SMILES string of the molecule is Cc1cccc(Nc2ncnc(Nc3ccc(Cl)cc3Cl)c2N)c1. The number of nitrogens with zero attached hydrogens (tertiary/aromatic N) is 2. The molecular weight excluding hydrogens is 345 g/mol. The standard InChI is InChI=1S/C17H15Cl2N5/c1-10-3-2-4-12(7-10)23-16-15(20)17(22-9-21-16)24-14-6-5-11(18)8-13(14)19/h2-9H,20H2,1H3,(H2,21,22,23,24). The van der Waals surface area contributed by atoms with Gasteiger partial charge >= 0.3 is 0 Å². The number of aryl methyl sites for hydroxylation is 1. The third-order valence-corrected chi connectivity index (χ3v) is 3.90. The minimum absolute atomic E-state index is 0.394. The second-order valence-electron chi connectivity index (χ2n) is 5.23. The summed E-state index contributed by atoms with van der Waals surface area (Å²) in [6.07, 6.45) is 1.43. The molecule has 3 aromatic rings. The van der Waals surface area contributed by atoms with Crippen LogP contribution in [0.1, 0.15) is 5.56 Å². The number of nitrogen functional groups attached to an aromatic ring is 1. The lowest BCUT2D eigenvalue weighted by Crippen LogP contribution is -2.05. The van der Waals surface area contributed by atoms with Gasteiger partial charge in [0.2, 0.25) is 0 Å². The summed E-state index contributed by atoms with van der Waals surface area (Å²) in [5, 5.41) is 7.33. The first kappa shape index (κ1) is 16.4. The number of nitrogens with two attached hydrogens (primary N) is 1. The average Bonchev–Trinajstić information content (AvgIpc) is 2.54. The molecule has 1 heterocycles. The van der Waals surface area contributed by atoms with E-state index in [-0.39, 0.29) is 0 Å². The van der Waals surface area contributed by atoms with Gasteiger partial charge in [-0.25, -0.2) is 9.97 Å². The summed E-state index contributed by atoms with van der Waals surface area (Å²) in [7, 11) is 0. The average molecular weight is 360 g/mol. The van der Waals surface area contributed by atoms with Crippen molar-refractivity contribution in [2.45, 2.75) is 6.92 Å². The molecule has 7 heteroatoms. The quantitative estimate of drug-likeness (QED) is 0.599. The second-order valence-corrected chi connectivity index (χ2v) is 6.07. The van der Waals surface area contributed by atoms with E-state index >= 15 is 0 Å². The third kappa shape index (κ3) is 3.69. The Morgan fingerprint density at radius 1 is 0.958 bits per heavy atom. The molecule has 2 aromatic carbocycles. The molecule has 0 aliphatic carbocycles. The highest BCUT2D eigenvalue weighted by Gasteiger charge is 2.10. The predicted molar refractivity (Wildman–Crippen MR) is 101 cm³/mol. The van der Waals surface area contributed by atoms with E-state index in [0.29, 0.717) is 33.1 Å². The minimum atomic E-state index is 0.394. The molecule has 3 rings (SSSR count). The van der Waals surface area contributed by atoms with Crippen LogP contribution in [0.5, 0.6) is 0 Å². The van der Waals surface area contributed by atoms with Crippen LogP contribution in [0, 0.1) is 6.92 Å². The van der Waals surface area contributed by atoms with Crippen molar-refractivity contribution in [3.8, 4) is 0 Å². The zero-order chi connectivity index (χ0) is 17.1. The fourth-order valence-electron chi connectivity index (χ4n) is 2.17. The Hall–Kier alpha value is -2.50. The van der Waals surface area contributed by atoms with Crippen LogP contribution in [-0.2, 0) is 0 Å². The van der Waals surface area contributed by atoms with Crippen molar-refractivity contribution in [1.82, 2.24) is 9.97 Å². The molecule has 0 amide bonds. The summed E-state index contributed by atoms with van der Waals surface area (Å²) in [5.41, 5.74) is 9.27. The maximum atomic E-state index is 6.18. The molecule has 5 nitrogen and oxygen atoms in total. The molecule has 0 radical (unpaired) electrons. The normalized spacial score (nSPS) is 10.5. The number of hydrogen-bond acceptors (Lipinski definition) is 5. The molecule has 0 spiro atoms. The highest BCUT2D eigenvalue weighted by Crippen LogP contribution is 2.32. The number of benzene rings is 2. The van der Waals surface area contributed by atoms with E-state index in [0.717, 1.165) is 11.3 Å². The van der Waals surface area contributed by atoms with E-state index in [2.05, 4.69) is 20.6 Å². The van der Waals surface area contributed by atoms with Crippen LogP contribution in [0.15, 0.2) is 48.8 Å². The minimum Gasteiger partial charge on any atom is -0.393 e. The number of anilines is 5. The molecule has 0 saturated heterocycles. The van der Waals surface area contributed by atoms with Crippen molar-refractivity contribution in [2.24, 2.45) is 0 Å². The van der Waals surface area contributed by atoms with Gasteiger partial charge in [-0.2, -0.15) is 0 Å². The molecule has 1 aromatic heterocycles. The van der Waals surface area contributed by atoms with Gasteiger partial charge in [-0.15, -0.1) is 0 Å². The largest absolute Gasteiger partial charge is 0.393 e. The lowest BCUT2D eigenvalue weighted by Gasteiger charge is -2.13. The smallest absolute Gasteiger partial charge is 0.159 e. The molecule has 0 unspecified atom stereocenters. The topological polar surface area (TPSA) is 75.9 Å². The zero-order valence-corrected chi connectivity index (χ0v) is 14.4. The molecule has 0 bridgehead atoms. The second kappa shape index (κ2) is 6.95. The van der Waals surface area contributed by atoms with Gasteiger partial charge in [0.15, 0.2) is 11.6 Å². The van der Waals surface area contributed by atoms with Gasteiger partial charge < -0.3 is 16.4 Å². The Balaban J connectivity index is 1.88. The number of rotatable bonds is 4. The maximum absolute atomic E-state index is 6.18. The van der Waals surface area contributed by atoms with Crippen LogP contribution in [0.2, 0.25) is 10.0 Å². The summed E-state index contributed by atoms with van der Waals surface area (Å²) in [5.74, 6) is 0.979. The van der Waals surface area contributed by atoms with Crippen molar-refractivity contribution >= 4 is 51.9 Å². The summed E-state index contributed by atoms with van der Waals surface area (Å²) < 4.78 is 0. The highest BCUT2D eigenvalue weighted by molar-refractivity contribution is 6.36. The number of halogens is 2. The van der Waals surface area contributed by atoms with Gasteiger partial charge in [0.05, 0.1) is 10.7 Å². The lowest BCUT2D eigenvalue weighted by atomic mass is 10.2. The number of hydrogen-bond donors (Lipinski definition) is 3. The molecule has 0 atom stereocenters. The van der Waals surface area contributed by atoms with Gasteiger partial charge in [0.1, 0.15) is 12.0 Å². The Bertz CT molecular complexity index is 883. The van der Waals surface area contributed by atoms with Crippen LogP contribution in [-0.4, -0.2) is 9.97 Å². The third-order valence-electron chi connectivity index (χ3n) is 3.35. The molecule has 0 fully saturated rings. The van der Waals surface area contributed by atoms with E-state index in [1.54, 1.807) is 18.2 Å². The van der Waals surface area contributed by atoms with Crippen LogP contribution in [0.3, 0.4) is 0 Å². The molecular formula is C17H15Cl2N5. The Morgan fingerprint density at radius 3 is 2.42 bits per heavy atom. The fraction of sp³-hybridized carbons (Fsp3) is 0.0588. The van der Waals surface area contributed by atoms with Gasteiger partial charge in [0.25, 0.3) is 0 Å². The fourth-order valence-corrected chi connectivity index (χ4v) is 2.63. The molecule has 0 saturated carbocycles. The summed E-state index contributed by atoms with van der Waals surface area (Å²) in [4.78, 5) is 8.38. The van der Waals surface area contributed by atoms with Gasteiger partial charge in [-0.1, -0.05) is 35.3 Å². The predicted octanol–water partition coefficient (Wildman–Crippen LogP) is 5.16. The maximum Gasteiger partial charge on any atom is 0.159 e. The van der Waals surface area contributed by atoms with Crippen LogP contribution in [0.4, 0.5) is 28.7 Å². The Kier molecular flexibility index (Phi) is 4.74. The first-order valence-corrected chi connectivity index (χ1v) is 7.95. The molecule has 0 aliphatic heterocycles. The van der Waals surface area contributed by atoms with Crippen molar-refractivity contribution in [2.75, 3.05) is 16.4 Å². The van der Waals surface area contributed by atoms with E-state index < -0.39 is 0 Å². The van der Waals surface area contributed by atoms with Crippen molar-refractivity contribution in [3.05, 3.63) is 64.4 Å². The van der Waals surface area contributed by atoms with E-state index in [1.165, 1.54) is 6.33 Å². The van der Waals surface area contributed by atoms with Crippen LogP contribution < -0.4 is 16.4 Å². The zero-order valence-electron chi connectivity index (χ0n) is 12.8. The van der Waals surface area contributed by atoms with Crippen molar-refractivity contribution in [3.63, 3.8) is 0 Å². The van der Waals surface area contributed by atoms with Gasteiger partial charge in [-0.3, -0.25) is 0 Å². The first-order chi connectivity index (χ1) is 11.5. The summed E-state index contributed by atoms with van der Waals surface area (Å²) in [6, 6.07) is 13.1. The highest BCUT2D eigenvalue weighted by atomic mass is 35.5. The van der Waals surface area contributed by atoms with Crippen LogP contribution in [0.25, 0.3) is 0 Å². The number of aromatic nitrogens is 2. The monoisotopic (exact) mass is 359 g/mol. The van der Waals surface area contributed by atoms with E-state index in [4.69, 9.17) is 28.9 Å².